The molecule has 0 radical (unpaired) electrons. The van der Waals surface area contributed by atoms with Crippen molar-refractivity contribution in [3.05, 3.63) is 18.2 Å². The van der Waals surface area contributed by atoms with E-state index in [-0.39, 0.29) is 11.7 Å². The zero-order chi connectivity index (χ0) is 10.1. The second-order valence-electron chi connectivity index (χ2n) is 3.18. The summed E-state index contributed by atoms with van der Waals surface area (Å²) in [5, 5.41) is 11.9. The summed E-state index contributed by atoms with van der Waals surface area (Å²) in [6.07, 6.45) is 0.207. The number of hydrogen-bond donors (Lipinski definition) is 2. The van der Waals surface area contributed by atoms with Gasteiger partial charge < -0.3 is 15.2 Å². The molecule has 1 unspecified atom stereocenters. The number of ether oxygens (including phenoxy) is 1. The lowest BCUT2D eigenvalue weighted by Crippen LogP contribution is -2.36. The van der Waals surface area contributed by atoms with E-state index in [0.29, 0.717) is 17.9 Å². The zero-order valence-electron chi connectivity index (χ0n) is 7.78. The van der Waals surface area contributed by atoms with Gasteiger partial charge in [-0.25, -0.2) is 0 Å². The highest BCUT2D eigenvalue weighted by atomic mass is 16.5. The lowest BCUT2D eigenvalue weighted by atomic mass is 10.2. The fraction of sp³-hybridized carbons (Fsp3) is 0.300. The van der Waals surface area contributed by atoms with Gasteiger partial charge in [0, 0.05) is 6.07 Å². The average molecular weight is 193 g/mol. The fourth-order valence-corrected chi connectivity index (χ4v) is 1.41. The van der Waals surface area contributed by atoms with E-state index in [1.165, 1.54) is 12.1 Å². The summed E-state index contributed by atoms with van der Waals surface area (Å²) >= 11 is 0. The van der Waals surface area contributed by atoms with Gasteiger partial charge in [0.2, 0.25) is 0 Å². The Kier molecular flexibility index (Phi) is 2.04. The third kappa shape index (κ3) is 1.39. The van der Waals surface area contributed by atoms with Crippen LogP contribution >= 0.6 is 0 Å². The topological polar surface area (TPSA) is 58.6 Å². The Balaban J connectivity index is 2.35. The third-order valence-electron chi connectivity index (χ3n) is 2.15. The summed E-state index contributed by atoms with van der Waals surface area (Å²) in [7, 11) is 0. The molecule has 74 valence electrons. The van der Waals surface area contributed by atoms with Crippen molar-refractivity contribution in [2.24, 2.45) is 0 Å². The first-order valence-corrected chi connectivity index (χ1v) is 4.51. The Morgan fingerprint density at radius 3 is 3.07 bits per heavy atom. The molecule has 4 nitrogen and oxygen atoms in total. The smallest absolute Gasteiger partial charge is 0.265 e. The highest BCUT2D eigenvalue weighted by molar-refractivity contribution is 5.97. The van der Waals surface area contributed by atoms with Gasteiger partial charge in [0.15, 0.2) is 6.10 Å². The first-order chi connectivity index (χ1) is 6.70. The highest BCUT2D eigenvalue weighted by Crippen LogP contribution is 2.32. The molecule has 14 heavy (non-hydrogen) atoms. The van der Waals surface area contributed by atoms with Gasteiger partial charge in [-0.3, -0.25) is 4.79 Å². The molecule has 1 heterocycles. The number of aromatic hydroxyl groups is 1. The molecule has 0 saturated carbocycles. The monoisotopic (exact) mass is 193 g/mol. The van der Waals surface area contributed by atoms with Crippen LogP contribution in [0.15, 0.2) is 18.2 Å². The number of anilines is 1. The van der Waals surface area contributed by atoms with E-state index in [1.807, 2.05) is 6.92 Å². The molecule has 1 aliphatic rings. The fourth-order valence-electron chi connectivity index (χ4n) is 1.41. The van der Waals surface area contributed by atoms with Gasteiger partial charge >= 0.3 is 0 Å². The first-order valence-electron chi connectivity index (χ1n) is 4.51. The number of amides is 1. The molecular formula is C10H11NO3. The van der Waals surface area contributed by atoms with Gasteiger partial charge in [-0.2, -0.15) is 0 Å². The molecule has 1 aromatic carbocycles. The second-order valence-corrected chi connectivity index (χ2v) is 3.18. The summed E-state index contributed by atoms with van der Waals surface area (Å²) in [6.45, 7) is 1.88. The van der Waals surface area contributed by atoms with Gasteiger partial charge in [-0.1, -0.05) is 6.92 Å². The van der Waals surface area contributed by atoms with Crippen LogP contribution in [0.3, 0.4) is 0 Å². The van der Waals surface area contributed by atoms with Crippen LogP contribution < -0.4 is 10.1 Å². The largest absolute Gasteiger partial charge is 0.508 e. The molecule has 1 aliphatic heterocycles. The Morgan fingerprint density at radius 1 is 1.57 bits per heavy atom. The predicted octanol–water partition coefficient (Wildman–Crippen LogP) is 1.50. The van der Waals surface area contributed by atoms with E-state index in [0.717, 1.165) is 0 Å². The third-order valence-corrected chi connectivity index (χ3v) is 2.15. The molecule has 4 heteroatoms. The van der Waals surface area contributed by atoms with Crippen LogP contribution in [0.4, 0.5) is 5.69 Å². The van der Waals surface area contributed by atoms with Gasteiger partial charge in [0.05, 0.1) is 5.69 Å². The Bertz CT molecular complexity index is 376. The number of phenols is 1. The van der Waals surface area contributed by atoms with Crippen LogP contribution in [0.25, 0.3) is 0 Å². The van der Waals surface area contributed by atoms with E-state index in [9.17, 15) is 9.90 Å². The van der Waals surface area contributed by atoms with Crippen molar-refractivity contribution in [1.29, 1.82) is 0 Å². The quantitative estimate of drug-likeness (QED) is 0.710. The van der Waals surface area contributed by atoms with Crippen LogP contribution in [0.1, 0.15) is 13.3 Å². The summed E-state index contributed by atoms with van der Waals surface area (Å²) in [5.74, 6) is 0.558. The van der Waals surface area contributed by atoms with Gasteiger partial charge in [0.25, 0.3) is 5.91 Å². The zero-order valence-corrected chi connectivity index (χ0v) is 7.78. The normalized spacial score (nSPS) is 19.5. The number of hydrogen-bond acceptors (Lipinski definition) is 3. The van der Waals surface area contributed by atoms with Gasteiger partial charge in [-0.15, -0.1) is 0 Å². The van der Waals surface area contributed by atoms with E-state index in [4.69, 9.17) is 4.74 Å². The van der Waals surface area contributed by atoms with Crippen molar-refractivity contribution in [3.63, 3.8) is 0 Å². The molecule has 0 fully saturated rings. The second kappa shape index (κ2) is 3.21. The van der Waals surface area contributed by atoms with Crippen molar-refractivity contribution in [3.8, 4) is 11.5 Å². The number of fused-ring (bicyclic) bond motifs is 1. The summed E-state index contributed by atoms with van der Waals surface area (Å²) in [5.41, 5.74) is 0.528. The van der Waals surface area contributed by atoms with Crippen molar-refractivity contribution in [1.82, 2.24) is 0 Å². The number of carbonyl (C=O) groups excluding carboxylic acids is 1. The average Bonchev–Trinajstić information content (AvgIpc) is 2.16. The summed E-state index contributed by atoms with van der Waals surface area (Å²) in [4.78, 5) is 11.4. The van der Waals surface area contributed by atoms with Crippen LogP contribution in [-0.4, -0.2) is 17.1 Å². The number of phenolic OH excluding ortho intramolecular Hbond substituents is 1. The molecule has 0 spiro atoms. The van der Waals surface area contributed by atoms with Crippen molar-refractivity contribution in [2.75, 3.05) is 5.32 Å². The standard InChI is InChI=1S/C10H11NO3/c1-2-8-10(13)11-7-5-6(12)3-4-9(7)14-8/h3-5,8,12H,2H2,1H3,(H,11,13). The van der Waals surface area contributed by atoms with Crippen LogP contribution in [0.2, 0.25) is 0 Å². The van der Waals surface area contributed by atoms with E-state index in [1.54, 1.807) is 6.07 Å². The molecule has 0 saturated heterocycles. The molecule has 0 aromatic heterocycles. The minimum absolute atomic E-state index is 0.114. The minimum atomic E-state index is -0.424. The molecule has 2 rings (SSSR count). The Labute approximate surface area is 81.5 Å². The molecule has 0 aliphatic carbocycles. The molecule has 1 atom stereocenters. The van der Waals surface area contributed by atoms with Crippen molar-refractivity contribution >= 4 is 11.6 Å². The highest BCUT2D eigenvalue weighted by Gasteiger charge is 2.25. The maximum Gasteiger partial charge on any atom is 0.265 e. The SMILES string of the molecule is CCC1Oc2ccc(O)cc2NC1=O. The predicted molar refractivity (Wildman–Crippen MR) is 51.4 cm³/mol. The van der Waals surface area contributed by atoms with Crippen LogP contribution in [0, 0.1) is 0 Å². The molecule has 1 aromatic rings. The molecule has 2 N–H and O–H groups in total. The minimum Gasteiger partial charge on any atom is -0.508 e. The number of benzene rings is 1. The number of carbonyl (C=O) groups is 1. The molecule has 0 bridgehead atoms. The van der Waals surface area contributed by atoms with Crippen LogP contribution in [-0.2, 0) is 4.79 Å². The first kappa shape index (κ1) is 8.87. The number of nitrogens with one attached hydrogen (secondary N) is 1. The Hall–Kier alpha value is -1.71. The number of rotatable bonds is 1. The lowest BCUT2D eigenvalue weighted by Gasteiger charge is -2.24. The van der Waals surface area contributed by atoms with Gasteiger partial charge in [-0.05, 0) is 18.6 Å². The van der Waals surface area contributed by atoms with E-state index in [2.05, 4.69) is 5.32 Å². The lowest BCUT2D eigenvalue weighted by molar-refractivity contribution is -0.123. The van der Waals surface area contributed by atoms with E-state index >= 15 is 0 Å². The Morgan fingerprint density at radius 2 is 2.36 bits per heavy atom. The van der Waals surface area contributed by atoms with Crippen molar-refractivity contribution in [2.45, 2.75) is 19.4 Å². The maximum absolute atomic E-state index is 11.4. The van der Waals surface area contributed by atoms with Crippen molar-refractivity contribution < 1.29 is 14.6 Å². The molecule has 1 amide bonds. The summed E-state index contributed by atoms with van der Waals surface area (Å²) in [6, 6.07) is 4.65. The maximum atomic E-state index is 11.4. The van der Waals surface area contributed by atoms with Crippen LogP contribution in [0.5, 0.6) is 11.5 Å². The van der Waals surface area contributed by atoms with E-state index < -0.39 is 6.10 Å². The summed E-state index contributed by atoms with van der Waals surface area (Å²) < 4.78 is 5.43. The van der Waals surface area contributed by atoms with Gasteiger partial charge in [0.1, 0.15) is 11.5 Å². The molecular weight excluding hydrogens is 182 g/mol.